The lowest BCUT2D eigenvalue weighted by Gasteiger charge is -2.24. The minimum absolute atomic E-state index is 0.0331. The van der Waals surface area contributed by atoms with Crippen molar-refractivity contribution in [2.24, 2.45) is 0 Å². The highest BCUT2D eigenvalue weighted by Crippen LogP contribution is 2.43. The second kappa shape index (κ2) is 35.5. The lowest BCUT2D eigenvalue weighted by molar-refractivity contribution is -0.870. The van der Waals surface area contributed by atoms with Gasteiger partial charge in [-0.1, -0.05) is 154 Å². The lowest BCUT2D eigenvalue weighted by atomic mass is 10.0. The molecule has 0 spiro atoms. The van der Waals surface area contributed by atoms with E-state index in [1.807, 2.05) is 21.1 Å². The molecule has 0 saturated carbocycles. The fraction of sp³-hybridized carbons (Fsp3) is 0.905. The van der Waals surface area contributed by atoms with Crippen molar-refractivity contribution < 1.29 is 42.1 Å². The zero-order valence-electron chi connectivity index (χ0n) is 34.6. The number of rotatable bonds is 39. The van der Waals surface area contributed by atoms with Gasteiger partial charge in [-0.05, 0) is 38.5 Å². The summed E-state index contributed by atoms with van der Waals surface area (Å²) in [6.45, 7) is 4.42. The van der Waals surface area contributed by atoms with E-state index >= 15 is 0 Å². The Balaban J connectivity index is 4.37. The van der Waals surface area contributed by atoms with Crippen LogP contribution >= 0.6 is 7.82 Å². The molecule has 0 aliphatic heterocycles. The summed E-state index contributed by atoms with van der Waals surface area (Å²) in [5.74, 6) is -0.801. The predicted octanol–water partition coefficient (Wildman–Crippen LogP) is 11.8. The molecule has 1 unspecified atom stereocenters. The van der Waals surface area contributed by atoms with Crippen LogP contribution in [0.15, 0.2) is 12.2 Å². The summed E-state index contributed by atoms with van der Waals surface area (Å²) in [6.07, 6.45) is 35.3. The van der Waals surface area contributed by atoms with Crippen LogP contribution in [0, 0.1) is 0 Å². The minimum Gasteiger partial charge on any atom is -0.462 e. The fourth-order valence-corrected chi connectivity index (χ4v) is 6.63. The molecular formula is C42H83NO8P+. The largest absolute Gasteiger partial charge is 0.472 e. The van der Waals surface area contributed by atoms with Crippen molar-refractivity contribution in [3.05, 3.63) is 12.2 Å². The first-order chi connectivity index (χ1) is 25.0. The average molecular weight is 761 g/mol. The first-order valence-corrected chi connectivity index (χ1v) is 22.9. The Labute approximate surface area is 320 Å². The fourth-order valence-electron chi connectivity index (χ4n) is 5.89. The van der Waals surface area contributed by atoms with Gasteiger partial charge in [-0.3, -0.25) is 18.6 Å². The number of hydrogen-bond acceptors (Lipinski definition) is 7. The molecule has 2 atom stereocenters. The van der Waals surface area contributed by atoms with Crippen LogP contribution in [-0.2, 0) is 32.7 Å². The maximum atomic E-state index is 12.7. The summed E-state index contributed by atoms with van der Waals surface area (Å²) in [5, 5.41) is 0. The number of hydrogen-bond donors (Lipinski definition) is 1. The van der Waals surface area contributed by atoms with Crippen molar-refractivity contribution in [2.45, 2.75) is 200 Å². The Morgan fingerprint density at radius 1 is 0.577 bits per heavy atom. The van der Waals surface area contributed by atoms with E-state index in [1.54, 1.807) is 0 Å². The Kier molecular flexibility index (Phi) is 34.6. The Hall–Kier alpha value is -1.25. The molecule has 0 radical (unpaired) electrons. The highest BCUT2D eigenvalue weighted by molar-refractivity contribution is 7.47. The highest BCUT2D eigenvalue weighted by atomic mass is 31.2. The molecule has 0 aromatic heterocycles. The van der Waals surface area contributed by atoms with E-state index in [2.05, 4.69) is 26.0 Å². The van der Waals surface area contributed by atoms with Gasteiger partial charge in [-0.2, -0.15) is 0 Å². The smallest absolute Gasteiger partial charge is 0.462 e. The Morgan fingerprint density at radius 2 is 0.981 bits per heavy atom. The van der Waals surface area contributed by atoms with Crippen LogP contribution in [0.2, 0.25) is 0 Å². The quantitative estimate of drug-likeness (QED) is 0.0217. The number of ether oxygens (including phenoxy) is 2. The van der Waals surface area contributed by atoms with Gasteiger partial charge >= 0.3 is 19.8 Å². The average Bonchev–Trinajstić information content (AvgIpc) is 3.09. The predicted molar refractivity (Wildman–Crippen MR) is 215 cm³/mol. The monoisotopic (exact) mass is 761 g/mol. The van der Waals surface area contributed by atoms with E-state index in [9.17, 15) is 19.0 Å². The van der Waals surface area contributed by atoms with Crippen LogP contribution in [-0.4, -0.2) is 74.9 Å². The summed E-state index contributed by atoms with van der Waals surface area (Å²) >= 11 is 0. The summed E-state index contributed by atoms with van der Waals surface area (Å²) < 4.78 is 34.3. The van der Waals surface area contributed by atoms with Gasteiger partial charge in [-0.25, -0.2) is 4.57 Å². The third-order valence-corrected chi connectivity index (χ3v) is 10.3. The zero-order chi connectivity index (χ0) is 38.6. The number of unbranched alkanes of at least 4 members (excludes halogenated alkanes) is 23. The molecule has 0 aromatic rings. The molecule has 0 amide bonds. The lowest BCUT2D eigenvalue weighted by Crippen LogP contribution is -2.37. The molecule has 1 N–H and O–H groups in total. The molecule has 9 nitrogen and oxygen atoms in total. The molecule has 0 rings (SSSR count). The van der Waals surface area contributed by atoms with Crippen molar-refractivity contribution in [1.29, 1.82) is 0 Å². The summed E-state index contributed by atoms with van der Waals surface area (Å²) in [5.41, 5.74) is 0. The molecular weight excluding hydrogens is 677 g/mol. The standard InChI is InChI=1S/C42H82NO8P/c1-6-8-10-12-14-16-18-20-22-24-26-28-30-32-34-41(44)48-38-40(39-50-52(46,47)49-37-36-43(3,4)5)51-42(45)35-33-31-29-27-25-23-21-19-17-15-13-11-9-7-2/h19,21,40H,6-18,20,22-39H2,1-5H3/p+1/b21-19+/t40-/m1/s1. The molecule has 0 aliphatic rings. The van der Waals surface area contributed by atoms with E-state index in [-0.39, 0.29) is 25.6 Å². The van der Waals surface area contributed by atoms with Crippen molar-refractivity contribution in [2.75, 3.05) is 47.5 Å². The van der Waals surface area contributed by atoms with Gasteiger partial charge in [0.05, 0.1) is 27.7 Å². The van der Waals surface area contributed by atoms with E-state index in [0.29, 0.717) is 23.9 Å². The number of likely N-dealkylation sites (N-methyl/N-ethyl adjacent to an activating group) is 1. The number of quaternary nitrogens is 1. The first-order valence-electron chi connectivity index (χ1n) is 21.4. The number of allylic oxidation sites excluding steroid dienone is 2. The summed E-state index contributed by atoms with van der Waals surface area (Å²) in [6, 6.07) is 0. The van der Waals surface area contributed by atoms with Gasteiger partial charge in [0.25, 0.3) is 0 Å². The third-order valence-electron chi connectivity index (χ3n) is 9.30. The Bertz CT molecular complexity index is 907. The SMILES string of the molecule is CCCCCCC/C=C/CCCCCCCC(=O)O[C@H](COC(=O)CCCCCCCCCCCCCCCC)COP(=O)(O)OCC[N+](C)(C)C. The summed E-state index contributed by atoms with van der Waals surface area (Å²) in [7, 11) is 1.48. The Morgan fingerprint density at radius 3 is 1.42 bits per heavy atom. The second-order valence-corrected chi connectivity index (χ2v) is 17.2. The third kappa shape index (κ3) is 38.5. The molecule has 0 bridgehead atoms. The van der Waals surface area contributed by atoms with Crippen molar-refractivity contribution in [3.63, 3.8) is 0 Å². The molecule has 0 saturated heterocycles. The van der Waals surface area contributed by atoms with Gasteiger partial charge in [0.15, 0.2) is 6.10 Å². The first kappa shape index (κ1) is 50.8. The maximum absolute atomic E-state index is 12.7. The van der Waals surface area contributed by atoms with Crippen LogP contribution in [0.1, 0.15) is 194 Å². The van der Waals surface area contributed by atoms with E-state index in [1.165, 1.54) is 109 Å². The topological polar surface area (TPSA) is 108 Å². The van der Waals surface area contributed by atoms with E-state index < -0.39 is 26.5 Å². The molecule has 10 heteroatoms. The van der Waals surface area contributed by atoms with Crippen LogP contribution < -0.4 is 0 Å². The van der Waals surface area contributed by atoms with Crippen LogP contribution in [0.4, 0.5) is 0 Å². The number of phosphoric ester groups is 1. The number of phosphoric acid groups is 1. The van der Waals surface area contributed by atoms with E-state index in [4.69, 9.17) is 18.5 Å². The maximum Gasteiger partial charge on any atom is 0.472 e. The van der Waals surface area contributed by atoms with Gasteiger partial charge in [0, 0.05) is 12.8 Å². The van der Waals surface area contributed by atoms with Crippen molar-refractivity contribution >= 4 is 19.8 Å². The molecule has 308 valence electrons. The minimum atomic E-state index is -4.37. The number of nitrogens with zero attached hydrogens (tertiary/aromatic N) is 1. The van der Waals surface area contributed by atoms with Crippen LogP contribution in [0.25, 0.3) is 0 Å². The van der Waals surface area contributed by atoms with Crippen molar-refractivity contribution in [1.82, 2.24) is 0 Å². The van der Waals surface area contributed by atoms with E-state index in [0.717, 1.165) is 51.4 Å². The highest BCUT2D eigenvalue weighted by Gasteiger charge is 2.27. The normalized spacial score (nSPS) is 13.7. The van der Waals surface area contributed by atoms with Gasteiger partial charge < -0.3 is 18.9 Å². The van der Waals surface area contributed by atoms with Gasteiger partial charge in [0.2, 0.25) is 0 Å². The number of carbonyl (C=O) groups is 2. The van der Waals surface area contributed by atoms with Gasteiger partial charge in [0.1, 0.15) is 19.8 Å². The molecule has 0 heterocycles. The molecule has 0 aliphatic carbocycles. The second-order valence-electron chi connectivity index (χ2n) is 15.7. The molecule has 0 fully saturated rings. The zero-order valence-corrected chi connectivity index (χ0v) is 35.5. The summed E-state index contributed by atoms with van der Waals surface area (Å²) in [4.78, 5) is 35.3. The van der Waals surface area contributed by atoms with Crippen LogP contribution in [0.3, 0.4) is 0 Å². The van der Waals surface area contributed by atoms with Crippen molar-refractivity contribution in [3.8, 4) is 0 Å². The van der Waals surface area contributed by atoms with Crippen LogP contribution in [0.5, 0.6) is 0 Å². The number of esters is 2. The number of carbonyl (C=O) groups excluding carboxylic acids is 2. The molecule has 52 heavy (non-hydrogen) atoms. The molecule has 0 aromatic carbocycles. The van der Waals surface area contributed by atoms with Gasteiger partial charge in [-0.15, -0.1) is 0 Å².